The molecule has 3 nitrogen and oxygen atoms in total. The first-order valence-electron chi connectivity index (χ1n) is 7.13. The molecule has 2 aromatic rings. The van der Waals surface area contributed by atoms with Crippen LogP contribution < -0.4 is 5.32 Å². The van der Waals surface area contributed by atoms with E-state index in [1.54, 1.807) is 6.20 Å². The summed E-state index contributed by atoms with van der Waals surface area (Å²) in [5.74, 6) is 0.803. The van der Waals surface area contributed by atoms with Gasteiger partial charge in [0.15, 0.2) is 0 Å². The minimum atomic E-state index is 0.00130. The molecule has 0 aliphatic carbocycles. The first-order chi connectivity index (χ1) is 10.2. The summed E-state index contributed by atoms with van der Waals surface area (Å²) in [6.45, 7) is 4.33. The van der Waals surface area contributed by atoms with Gasteiger partial charge in [0.05, 0.1) is 10.8 Å². The largest absolute Gasteiger partial charge is 0.325 e. The Morgan fingerprint density at radius 2 is 2.00 bits per heavy atom. The van der Waals surface area contributed by atoms with Crippen molar-refractivity contribution < 1.29 is 4.79 Å². The van der Waals surface area contributed by atoms with E-state index in [-0.39, 0.29) is 5.91 Å². The fourth-order valence-corrected chi connectivity index (χ4v) is 2.68. The van der Waals surface area contributed by atoms with E-state index < -0.39 is 0 Å². The number of hydrogen-bond donors (Lipinski definition) is 1. The molecule has 0 saturated heterocycles. The van der Waals surface area contributed by atoms with Crippen molar-refractivity contribution in [3.8, 4) is 0 Å². The molecule has 0 fully saturated rings. The van der Waals surface area contributed by atoms with Gasteiger partial charge in [0.2, 0.25) is 5.91 Å². The molecule has 0 bridgehead atoms. The number of benzene rings is 1. The van der Waals surface area contributed by atoms with E-state index >= 15 is 0 Å². The number of nitrogens with zero attached hydrogens (tertiary/aromatic N) is 1. The number of carbonyl (C=O) groups excluding carboxylic acids is 1. The second-order valence-corrected chi connectivity index (χ2v) is 5.90. The molecule has 1 amide bonds. The minimum Gasteiger partial charge on any atom is -0.325 e. The molecule has 2 rings (SSSR count). The van der Waals surface area contributed by atoms with Crippen LogP contribution in [0.5, 0.6) is 0 Å². The van der Waals surface area contributed by atoms with E-state index in [9.17, 15) is 4.79 Å². The van der Waals surface area contributed by atoms with Crippen LogP contribution in [0, 0.1) is 0 Å². The molecule has 1 atom stereocenters. The standard InChI is InChI=1S/C17H20N2OS/c1-3-13(2)14-8-4-5-9-15(14)19-16(20)12-21-17-10-6-7-11-18-17/h4-11,13H,3,12H2,1-2H3,(H,19,20). The highest BCUT2D eigenvalue weighted by molar-refractivity contribution is 7.99. The Morgan fingerprint density at radius 3 is 2.71 bits per heavy atom. The summed E-state index contributed by atoms with van der Waals surface area (Å²) < 4.78 is 0. The van der Waals surface area contributed by atoms with Gasteiger partial charge in [-0.2, -0.15) is 0 Å². The quantitative estimate of drug-likeness (QED) is 0.808. The van der Waals surface area contributed by atoms with Crippen molar-refractivity contribution in [2.75, 3.05) is 11.1 Å². The molecule has 1 N–H and O–H groups in total. The molecular formula is C17H20N2OS. The van der Waals surface area contributed by atoms with Gasteiger partial charge in [-0.15, -0.1) is 0 Å². The molecule has 0 aliphatic rings. The van der Waals surface area contributed by atoms with Crippen molar-refractivity contribution in [3.05, 3.63) is 54.2 Å². The first kappa shape index (κ1) is 15.6. The maximum Gasteiger partial charge on any atom is 0.234 e. The molecule has 1 heterocycles. The number of nitrogens with one attached hydrogen (secondary N) is 1. The molecule has 0 spiro atoms. The summed E-state index contributed by atoms with van der Waals surface area (Å²) in [6, 6.07) is 13.7. The summed E-state index contributed by atoms with van der Waals surface area (Å²) in [5, 5.41) is 3.87. The number of hydrogen-bond acceptors (Lipinski definition) is 3. The highest BCUT2D eigenvalue weighted by Gasteiger charge is 2.11. The number of anilines is 1. The third-order valence-electron chi connectivity index (χ3n) is 3.37. The summed E-state index contributed by atoms with van der Waals surface area (Å²) in [6.07, 6.45) is 2.79. The van der Waals surface area contributed by atoms with Gasteiger partial charge in [0.25, 0.3) is 0 Å². The van der Waals surface area contributed by atoms with Crippen LogP contribution in [-0.2, 0) is 4.79 Å². The molecule has 0 aliphatic heterocycles. The average Bonchev–Trinajstić information content (AvgIpc) is 2.54. The van der Waals surface area contributed by atoms with Crippen LogP contribution in [0.1, 0.15) is 31.7 Å². The molecule has 110 valence electrons. The smallest absolute Gasteiger partial charge is 0.234 e. The maximum absolute atomic E-state index is 12.1. The van der Waals surface area contributed by atoms with Crippen LogP contribution >= 0.6 is 11.8 Å². The molecule has 1 unspecified atom stereocenters. The van der Waals surface area contributed by atoms with Crippen molar-refractivity contribution in [1.82, 2.24) is 4.98 Å². The van der Waals surface area contributed by atoms with Crippen molar-refractivity contribution in [1.29, 1.82) is 0 Å². The molecule has 0 saturated carbocycles. The van der Waals surface area contributed by atoms with Crippen molar-refractivity contribution in [2.45, 2.75) is 31.2 Å². The van der Waals surface area contributed by atoms with Gasteiger partial charge in [-0.25, -0.2) is 4.98 Å². The highest BCUT2D eigenvalue weighted by Crippen LogP contribution is 2.26. The minimum absolute atomic E-state index is 0.00130. The van der Waals surface area contributed by atoms with Gasteiger partial charge in [-0.1, -0.05) is 49.9 Å². The first-order valence-corrected chi connectivity index (χ1v) is 8.12. The Labute approximate surface area is 130 Å². The SMILES string of the molecule is CCC(C)c1ccccc1NC(=O)CSc1ccccn1. The summed E-state index contributed by atoms with van der Waals surface area (Å²) >= 11 is 1.44. The zero-order valence-electron chi connectivity index (χ0n) is 12.4. The Bertz CT molecular complexity index is 586. The zero-order valence-corrected chi connectivity index (χ0v) is 13.2. The van der Waals surface area contributed by atoms with E-state index in [0.29, 0.717) is 11.7 Å². The van der Waals surface area contributed by atoms with Gasteiger partial charge >= 0.3 is 0 Å². The lowest BCUT2D eigenvalue weighted by atomic mass is 9.97. The van der Waals surface area contributed by atoms with Crippen molar-refractivity contribution in [3.63, 3.8) is 0 Å². The predicted octanol–water partition coefficient (Wildman–Crippen LogP) is 4.33. The van der Waals surface area contributed by atoms with E-state index in [0.717, 1.165) is 17.1 Å². The van der Waals surface area contributed by atoms with Gasteiger partial charge in [0.1, 0.15) is 0 Å². The van der Waals surface area contributed by atoms with Crippen LogP contribution in [0.2, 0.25) is 0 Å². The Morgan fingerprint density at radius 1 is 1.24 bits per heavy atom. The van der Waals surface area contributed by atoms with Crippen LogP contribution in [0.15, 0.2) is 53.7 Å². The number of thioether (sulfide) groups is 1. The zero-order chi connectivity index (χ0) is 15.1. The lowest BCUT2D eigenvalue weighted by Gasteiger charge is -2.15. The van der Waals surface area contributed by atoms with E-state index in [4.69, 9.17) is 0 Å². The molecule has 1 aromatic carbocycles. The van der Waals surface area contributed by atoms with Gasteiger partial charge in [-0.3, -0.25) is 4.79 Å². The Hall–Kier alpha value is -1.81. The monoisotopic (exact) mass is 300 g/mol. The van der Waals surface area contributed by atoms with E-state index in [1.807, 2.05) is 36.4 Å². The maximum atomic E-state index is 12.1. The van der Waals surface area contributed by atoms with E-state index in [2.05, 4.69) is 30.2 Å². The second-order valence-electron chi connectivity index (χ2n) is 4.90. The van der Waals surface area contributed by atoms with Crippen LogP contribution in [-0.4, -0.2) is 16.6 Å². The molecule has 1 aromatic heterocycles. The van der Waals surface area contributed by atoms with Crippen molar-refractivity contribution in [2.24, 2.45) is 0 Å². The van der Waals surface area contributed by atoms with Crippen LogP contribution in [0.4, 0.5) is 5.69 Å². The van der Waals surface area contributed by atoms with Gasteiger partial charge in [-0.05, 0) is 36.1 Å². The fraction of sp³-hybridized carbons (Fsp3) is 0.294. The number of carbonyl (C=O) groups is 1. The number of rotatable bonds is 6. The van der Waals surface area contributed by atoms with Gasteiger partial charge in [0, 0.05) is 11.9 Å². The number of amides is 1. The lowest BCUT2D eigenvalue weighted by Crippen LogP contribution is -2.15. The van der Waals surface area contributed by atoms with Crippen LogP contribution in [0.3, 0.4) is 0 Å². The Balaban J connectivity index is 1.97. The third kappa shape index (κ3) is 4.60. The molecule has 4 heteroatoms. The van der Waals surface area contributed by atoms with Crippen LogP contribution in [0.25, 0.3) is 0 Å². The Kier molecular flexibility index (Phi) is 5.81. The van der Waals surface area contributed by atoms with Gasteiger partial charge < -0.3 is 5.32 Å². The lowest BCUT2D eigenvalue weighted by molar-refractivity contribution is -0.113. The topological polar surface area (TPSA) is 42.0 Å². The molecular weight excluding hydrogens is 280 g/mol. The second kappa shape index (κ2) is 7.84. The number of pyridine rings is 1. The summed E-state index contributed by atoms with van der Waals surface area (Å²) in [7, 11) is 0. The van der Waals surface area contributed by atoms with Crippen molar-refractivity contribution >= 4 is 23.4 Å². The summed E-state index contributed by atoms with van der Waals surface area (Å²) in [5.41, 5.74) is 2.11. The average molecular weight is 300 g/mol. The normalized spacial score (nSPS) is 11.9. The molecule has 0 radical (unpaired) electrons. The number of aromatic nitrogens is 1. The number of para-hydroxylation sites is 1. The predicted molar refractivity (Wildman–Crippen MR) is 88.7 cm³/mol. The fourth-order valence-electron chi connectivity index (χ4n) is 2.02. The third-order valence-corrected chi connectivity index (χ3v) is 4.31. The molecule has 21 heavy (non-hydrogen) atoms. The highest BCUT2D eigenvalue weighted by atomic mass is 32.2. The van der Waals surface area contributed by atoms with E-state index in [1.165, 1.54) is 17.3 Å². The summed E-state index contributed by atoms with van der Waals surface area (Å²) in [4.78, 5) is 16.3.